The van der Waals surface area contributed by atoms with Crippen LogP contribution in [0.2, 0.25) is 0 Å². The van der Waals surface area contributed by atoms with Crippen molar-refractivity contribution in [2.75, 3.05) is 13.2 Å². The van der Waals surface area contributed by atoms with E-state index in [0.717, 1.165) is 6.54 Å². The molecule has 1 aromatic rings. The largest absolute Gasteiger partial charge is 0.395 e. The fourth-order valence-electron chi connectivity index (χ4n) is 0.952. The zero-order valence-corrected chi connectivity index (χ0v) is 10.6. The standard InChI is InChI=1S/C10H15NO.C3H9NO/c1-9(8-12)11-7-10-5-3-2-4-6-10;1-3(4)2-5/h2-6,9,11-12H,7-8H2,1H3;3,5H,2,4H2,1H3/t9-;3-/m00/s1. The van der Waals surface area contributed by atoms with Crippen LogP contribution in [0.25, 0.3) is 0 Å². The van der Waals surface area contributed by atoms with Crippen molar-refractivity contribution in [2.45, 2.75) is 32.5 Å². The van der Waals surface area contributed by atoms with Crippen molar-refractivity contribution < 1.29 is 10.2 Å². The first-order chi connectivity index (χ1) is 8.10. The van der Waals surface area contributed by atoms with Crippen molar-refractivity contribution in [1.29, 1.82) is 0 Å². The monoisotopic (exact) mass is 240 g/mol. The first kappa shape index (κ1) is 16.1. The Morgan fingerprint density at radius 3 is 2.06 bits per heavy atom. The summed E-state index contributed by atoms with van der Waals surface area (Å²) >= 11 is 0. The topological polar surface area (TPSA) is 78.5 Å². The molecule has 0 bridgehead atoms. The van der Waals surface area contributed by atoms with Gasteiger partial charge in [-0.15, -0.1) is 0 Å². The lowest BCUT2D eigenvalue weighted by Crippen LogP contribution is -2.28. The van der Waals surface area contributed by atoms with Gasteiger partial charge in [0.2, 0.25) is 0 Å². The number of benzene rings is 1. The average Bonchev–Trinajstić information content (AvgIpc) is 2.37. The molecule has 0 aromatic heterocycles. The van der Waals surface area contributed by atoms with E-state index in [9.17, 15) is 0 Å². The molecule has 0 saturated carbocycles. The molecule has 2 atom stereocenters. The maximum absolute atomic E-state index is 8.75. The number of nitrogens with one attached hydrogen (secondary N) is 1. The minimum absolute atomic E-state index is 0.0602. The van der Waals surface area contributed by atoms with Crippen LogP contribution in [0.4, 0.5) is 0 Å². The fourth-order valence-corrected chi connectivity index (χ4v) is 0.952. The third-order valence-electron chi connectivity index (χ3n) is 2.06. The summed E-state index contributed by atoms with van der Waals surface area (Å²) in [5, 5.41) is 20.0. The lowest BCUT2D eigenvalue weighted by Gasteiger charge is -2.09. The molecule has 0 aliphatic heterocycles. The number of aliphatic hydroxyl groups excluding tert-OH is 2. The molecule has 0 saturated heterocycles. The highest BCUT2D eigenvalue weighted by Crippen LogP contribution is 1.97. The molecule has 0 amide bonds. The summed E-state index contributed by atoms with van der Waals surface area (Å²) in [5.74, 6) is 0. The Hall–Kier alpha value is -0.940. The van der Waals surface area contributed by atoms with Gasteiger partial charge in [-0.2, -0.15) is 0 Å². The smallest absolute Gasteiger partial charge is 0.0582 e. The van der Waals surface area contributed by atoms with Crippen molar-refractivity contribution in [3.05, 3.63) is 35.9 Å². The Morgan fingerprint density at radius 1 is 1.12 bits per heavy atom. The summed E-state index contributed by atoms with van der Waals surface area (Å²) in [6.07, 6.45) is 0. The van der Waals surface area contributed by atoms with E-state index in [1.807, 2.05) is 25.1 Å². The van der Waals surface area contributed by atoms with Crippen LogP contribution in [0.5, 0.6) is 0 Å². The van der Waals surface area contributed by atoms with Crippen LogP contribution in [0.15, 0.2) is 30.3 Å². The second-order valence-corrected chi connectivity index (χ2v) is 4.11. The van der Waals surface area contributed by atoms with E-state index in [4.69, 9.17) is 15.9 Å². The van der Waals surface area contributed by atoms with Gasteiger partial charge in [-0.1, -0.05) is 30.3 Å². The molecule has 0 radical (unpaired) electrons. The van der Waals surface area contributed by atoms with Crippen LogP contribution in [-0.2, 0) is 6.54 Å². The predicted molar refractivity (Wildman–Crippen MR) is 70.6 cm³/mol. The number of rotatable bonds is 5. The maximum atomic E-state index is 8.75. The second-order valence-electron chi connectivity index (χ2n) is 4.11. The van der Waals surface area contributed by atoms with E-state index in [1.165, 1.54) is 5.56 Å². The SMILES string of the molecule is C[C@@H](CO)NCc1ccccc1.C[C@H](N)CO. The van der Waals surface area contributed by atoms with Crippen LogP contribution in [-0.4, -0.2) is 35.5 Å². The van der Waals surface area contributed by atoms with Gasteiger partial charge >= 0.3 is 0 Å². The molecule has 0 unspecified atom stereocenters. The molecule has 5 N–H and O–H groups in total. The summed E-state index contributed by atoms with van der Waals surface area (Å²) in [6.45, 7) is 4.80. The van der Waals surface area contributed by atoms with Crippen molar-refractivity contribution in [2.24, 2.45) is 5.73 Å². The lowest BCUT2D eigenvalue weighted by molar-refractivity contribution is 0.251. The summed E-state index contributed by atoms with van der Waals surface area (Å²) in [6, 6.07) is 10.3. The van der Waals surface area contributed by atoms with E-state index in [2.05, 4.69) is 17.4 Å². The van der Waals surface area contributed by atoms with E-state index in [-0.39, 0.29) is 25.3 Å². The van der Waals surface area contributed by atoms with Gasteiger partial charge < -0.3 is 21.3 Å². The van der Waals surface area contributed by atoms with Gasteiger partial charge in [-0.25, -0.2) is 0 Å². The molecule has 0 fully saturated rings. The number of hydrogen-bond donors (Lipinski definition) is 4. The van der Waals surface area contributed by atoms with Crippen LogP contribution in [0.1, 0.15) is 19.4 Å². The normalized spacial score (nSPS) is 13.5. The molecule has 17 heavy (non-hydrogen) atoms. The molecular formula is C13H24N2O2. The summed E-state index contributed by atoms with van der Waals surface area (Å²) < 4.78 is 0. The minimum Gasteiger partial charge on any atom is -0.395 e. The van der Waals surface area contributed by atoms with Crippen LogP contribution >= 0.6 is 0 Å². The highest BCUT2D eigenvalue weighted by Gasteiger charge is 1.97. The maximum Gasteiger partial charge on any atom is 0.0582 e. The van der Waals surface area contributed by atoms with E-state index in [0.29, 0.717) is 0 Å². The number of hydrogen-bond acceptors (Lipinski definition) is 4. The molecule has 0 aliphatic carbocycles. The third-order valence-corrected chi connectivity index (χ3v) is 2.06. The molecule has 0 spiro atoms. The first-order valence-corrected chi connectivity index (χ1v) is 5.84. The average molecular weight is 240 g/mol. The lowest BCUT2D eigenvalue weighted by atomic mass is 10.2. The van der Waals surface area contributed by atoms with Gasteiger partial charge in [-0.05, 0) is 19.4 Å². The highest BCUT2D eigenvalue weighted by molar-refractivity contribution is 5.14. The Morgan fingerprint density at radius 2 is 1.65 bits per heavy atom. The van der Waals surface area contributed by atoms with Crippen molar-refractivity contribution in [3.8, 4) is 0 Å². The minimum atomic E-state index is -0.0602. The Labute approximate surface area is 103 Å². The van der Waals surface area contributed by atoms with Crippen molar-refractivity contribution >= 4 is 0 Å². The fraction of sp³-hybridized carbons (Fsp3) is 0.538. The van der Waals surface area contributed by atoms with Gasteiger partial charge in [0.1, 0.15) is 0 Å². The summed E-state index contributed by atoms with van der Waals surface area (Å²) in [4.78, 5) is 0. The van der Waals surface area contributed by atoms with Gasteiger partial charge in [0, 0.05) is 18.6 Å². The highest BCUT2D eigenvalue weighted by atomic mass is 16.3. The van der Waals surface area contributed by atoms with Gasteiger partial charge in [0.05, 0.1) is 13.2 Å². The molecule has 1 aromatic carbocycles. The molecule has 4 nitrogen and oxygen atoms in total. The zero-order valence-electron chi connectivity index (χ0n) is 10.6. The Kier molecular flexibility index (Phi) is 9.66. The first-order valence-electron chi connectivity index (χ1n) is 5.84. The Bertz CT molecular complexity index is 265. The molecule has 0 aliphatic rings. The summed E-state index contributed by atoms with van der Waals surface area (Å²) in [7, 11) is 0. The number of aliphatic hydroxyl groups is 2. The molecular weight excluding hydrogens is 216 g/mol. The van der Waals surface area contributed by atoms with Crippen molar-refractivity contribution in [3.63, 3.8) is 0 Å². The molecule has 0 heterocycles. The Balaban J connectivity index is 0.000000437. The van der Waals surface area contributed by atoms with Crippen LogP contribution in [0, 0.1) is 0 Å². The van der Waals surface area contributed by atoms with E-state index >= 15 is 0 Å². The third kappa shape index (κ3) is 9.96. The molecule has 1 rings (SSSR count). The van der Waals surface area contributed by atoms with Crippen molar-refractivity contribution in [1.82, 2.24) is 5.32 Å². The molecule has 4 heteroatoms. The number of nitrogens with two attached hydrogens (primary N) is 1. The van der Waals surface area contributed by atoms with Crippen LogP contribution < -0.4 is 11.1 Å². The molecule has 98 valence electrons. The predicted octanol–water partition coefficient (Wildman–Crippen LogP) is 0.483. The van der Waals surface area contributed by atoms with E-state index in [1.54, 1.807) is 6.92 Å². The zero-order chi connectivity index (χ0) is 13.1. The van der Waals surface area contributed by atoms with Gasteiger partial charge in [0.25, 0.3) is 0 Å². The van der Waals surface area contributed by atoms with E-state index < -0.39 is 0 Å². The quantitative estimate of drug-likeness (QED) is 0.604. The second kappa shape index (κ2) is 10.2. The van der Waals surface area contributed by atoms with Gasteiger partial charge in [-0.3, -0.25) is 0 Å². The van der Waals surface area contributed by atoms with Gasteiger partial charge in [0.15, 0.2) is 0 Å². The summed E-state index contributed by atoms with van der Waals surface area (Å²) in [5.41, 5.74) is 6.29. The van der Waals surface area contributed by atoms with Crippen LogP contribution in [0.3, 0.4) is 0 Å².